The number of rotatable bonds is 6. The molecule has 2 bridgehead atoms. The molecule has 3 rings (SSSR count). The van der Waals surface area contributed by atoms with E-state index in [0.29, 0.717) is 24.4 Å². The van der Waals surface area contributed by atoms with Gasteiger partial charge >= 0.3 is 0 Å². The lowest BCUT2D eigenvalue weighted by atomic mass is 9.89. The standard InChI is InChI=1S/C17H23N3O2S/c18-16(21)10-23-15-4-2-1-3-14(15)20-17(22)9-11-7-12-5-6-13(8-11)19-12/h1-4,11-13,19H,5-10H2,(H2,18,21)(H,20,22). The van der Waals surface area contributed by atoms with Crippen LogP contribution in [0, 0.1) is 5.92 Å². The number of amides is 2. The predicted molar refractivity (Wildman–Crippen MR) is 92.3 cm³/mol. The Balaban J connectivity index is 1.56. The van der Waals surface area contributed by atoms with Gasteiger partial charge in [0.25, 0.3) is 0 Å². The molecule has 2 unspecified atom stereocenters. The molecule has 2 aliphatic rings. The van der Waals surface area contributed by atoms with Crippen LogP contribution in [0.25, 0.3) is 0 Å². The number of para-hydroxylation sites is 1. The van der Waals surface area contributed by atoms with Gasteiger partial charge in [0.2, 0.25) is 11.8 Å². The van der Waals surface area contributed by atoms with Crippen molar-refractivity contribution in [1.82, 2.24) is 5.32 Å². The molecule has 6 heteroatoms. The molecule has 4 N–H and O–H groups in total. The second-order valence-electron chi connectivity index (χ2n) is 6.48. The molecule has 0 aromatic heterocycles. The van der Waals surface area contributed by atoms with Gasteiger partial charge in [-0.15, -0.1) is 11.8 Å². The van der Waals surface area contributed by atoms with Crippen molar-refractivity contribution in [2.75, 3.05) is 11.1 Å². The third-order valence-corrected chi connectivity index (χ3v) is 5.67. The van der Waals surface area contributed by atoms with E-state index in [1.54, 1.807) is 0 Å². The number of benzene rings is 1. The van der Waals surface area contributed by atoms with Gasteiger partial charge in [0, 0.05) is 23.4 Å². The number of thioether (sulfide) groups is 1. The minimum absolute atomic E-state index is 0.0587. The Labute approximate surface area is 140 Å². The van der Waals surface area contributed by atoms with Crippen molar-refractivity contribution in [2.24, 2.45) is 11.7 Å². The van der Waals surface area contributed by atoms with E-state index in [4.69, 9.17) is 5.73 Å². The van der Waals surface area contributed by atoms with Crippen LogP contribution in [0.5, 0.6) is 0 Å². The van der Waals surface area contributed by atoms with Crippen LogP contribution in [0.2, 0.25) is 0 Å². The van der Waals surface area contributed by atoms with Crippen LogP contribution in [0.1, 0.15) is 32.1 Å². The van der Waals surface area contributed by atoms with Gasteiger partial charge in [-0.3, -0.25) is 9.59 Å². The van der Waals surface area contributed by atoms with Crippen LogP contribution in [-0.2, 0) is 9.59 Å². The fourth-order valence-corrected chi connectivity index (χ4v) is 4.40. The first kappa shape index (κ1) is 16.3. The van der Waals surface area contributed by atoms with Gasteiger partial charge in [0.05, 0.1) is 11.4 Å². The number of piperidine rings is 1. The Morgan fingerprint density at radius 3 is 2.61 bits per heavy atom. The van der Waals surface area contributed by atoms with Crippen molar-refractivity contribution in [3.05, 3.63) is 24.3 Å². The smallest absolute Gasteiger partial charge is 0.227 e. The summed E-state index contributed by atoms with van der Waals surface area (Å²) in [5.74, 6) is 0.383. The molecule has 0 spiro atoms. The summed E-state index contributed by atoms with van der Waals surface area (Å²) in [6, 6.07) is 8.74. The molecule has 0 radical (unpaired) electrons. The zero-order valence-electron chi connectivity index (χ0n) is 13.1. The minimum atomic E-state index is -0.360. The van der Waals surface area contributed by atoms with E-state index in [9.17, 15) is 9.59 Å². The third kappa shape index (κ3) is 4.48. The highest BCUT2D eigenvalue weighted by Gasteiger charge is 2.34. The zero-order valence-corrected chi connectivity index (χ0v) is 13.9. The van der Waals surface area contributed by atoms with Gasteiger partial charge in [0.15, 0.2) is 0 Å². The summed E-state index contributed by atoms with van der Waals surface area (Å²) in [4.78, 5) is 24.2. The average Bonchev–Trinajstić information content (AvgIpc) is 2.85. The van der Waals surface area contributed by atoms with Gasteiger partial charge in [-0.05, 0) is 43.7 Å². The molecular formula is C17H23N3O2S. The molecule has 0 aliphatic carbocycles. The Kier molecular flexibility index (Phi) is 5.23. The van der Waals surface area contributed by atoms with Crippen LogP contribution in [0.4, 0.5) is 5.69 Å². The molecule has 5 nitrogen and oxygen atoms in total. The molecule has 0 saturated carbocycles. The highest BCUT2D eigenvalue weighted by molar-refractivity contribution is 8.00. The molecule has 2 atom stereocenters. The monoisotopic (exact) mass is 333 g/mol. The first-order chi connectivity index (χ1) is 11.1. The highest BCUT2D eigenvalue weighted by atomic mass is 32.2. The Hall–Kier alpha value is -1.53. The second-order valence-corrected chi connectivity index (χ2v) is 7.50. The summed E-state index contributed by atoms with van der Waals surface area (Å²) >= 11 is 1.35. The van der Waals surface area contributed by atoms with E-state index in [1.807, 2.05) is 24.3 Å². The number of primary amides is 1. The summed E-state index contributed by atoms with van der Waals surface area (Å²) in [6.07, 6.45) is 5.26. The minimum Gasteiger partial charge on any atom is -0.369 e. The van der Waals surface area contributed by atoms with Crippen molar-refractivity contribution in [3.63, 3.8) is 0 Å². The molecule has 2 amide bonds. The maximum atomic E-state index is 12.4. The maximum Gasteiger partial charge on any atom is 0.227 e. The van der Waals surface area contributed by atoms with Crippen molar-refractivity contribution in [1.29, 1.82) is 0 Å². The Morgan fingerprint density at radius 1 is 1.22 bits per heavy atom. The number of anilines is 1. The van der Waals surface area contributed by atoms with Gasteiger partial charge in [0.1, 0.15) is 0 Å². The van der Waals surface area contributed by atoms with Crippen molar-refractivity contribution in [2.45, 2.75) is 49.1 Å². The molecule has 2 saturated heterocycles. The van der Waals surface area contributed by atoms with Gasteiger partial charge in [-0.2, -0.15) is 0 Å². The van der Waals surface area contributed by atoms with E-state index in [1.165, 1.54) is 24.6 Å². The lowest BCUT2D eigenvalue weighted by molar-refractivity contribution is -0.117. The maximum absolute atomic E-state index is 12.4. The molecular weight excluding hydrogens is 310 g/mol. The number of carbonyl (C=O) groups excluding carboxylic acids is 2. The quantitative estimate of drug-likeness (QED) is 0.696. The molecule has 2 aliphatic heterocycles. The predicted octanol–water partition coefficient (Wildman–Crippen LogP) is 2.12. The number of hydrogen-bond acceptors (Lipinski definition) is 4. The van der Waals surface area contributed by atoms with E-state index in [2.05, 4.69) is 10.6 Å². The number of carbonyl (C=O) groups is 2. The first-order valence-corrected chi connectivity index (χ1v) is 9.14. The van der Waals surface area contributed by atoms with Crippen molar-refractivity contribution < 1.29 is 9.59 Å². The normalized spacial score (nSPS) is 26.0. The van der Waals surface area contributed by atoms with Crippen LogP contribution in [0.15, 0.2) is 29.2 Å². The van der Waals surface area contributed by atoms with E-state index in [0.717, 1.165) is 23.4 Å². The topological polar surface area (TPSA) is 84.2 Å². The van der Waals surface area contributed by atoms with E-state index < -0.39 is 0 Å². The largest absolute Gasteiger partial charge is 0.369 e. The van der Waals surface area contributed by atoms with Gasteiger partial charge in [-0.1, -0.05) is 12.1 Å². The van der Waals surface area contributed by atoms with Gasteiger partial charge in [-0.25, -0.2) is 0 Å². The summed E-state index contributed by atoms with van der Waals surface area (Å²) in [6.45, 7) is 0. The van der Waals surface area contributed by atoms with Crippen LogP contribution in [0.3, 0.4) is 0 Å². The number of nitrogens with two attached hydrogens (primary N) is 1. The van der Waals surface area contributed by atoms with Crippen LogP contribution >= 0.6 is 11.8 Å². The molecule has 1 aromatic rings. The highest BCUT2D eigenvalue weighted by Crippen LogP contribution is 2.33. The molecule has 1 aromatic carbocycles. The van der Waals surface area contributed by atoms with Crippen LogP contribution in [-0.4, -0.2) is 29.7 Å². The average molecular weight is 333 g/mol. The molecule has 23 heavy (non-hydrogen) atoms. The SMILES string of the molecule is NC(=O)CSc1ccccc1NC(=O)CC1CC2CCC(C1)N2. The first-order valence-electron chi connectivity index (χ1n) is 8.16. The lowest BCUT2D eigenvalue weighted by Gasteiger charge is -2.28. The van der Waals surface area contributed by atoms with E-state index >= 15 is 0 Å². The fraction of sp³-hybridized carbons (Fsp3) is 0.529. The fourth-order valence-electron chi connectivity index (χ4n) is 3.65. The summed E-state index contributed by atoms with van der Waals surface area (Å²) < 4.78 is 0. The van der Waals surface area contributed by atoms with E-state index in [-0.39, 0.29) is 17.6 Å². The molecule has 2 heterocycles. The van der Waals surface area contributed by atoms with Gasteiger partial charge < -0.3 is 16.4 Å². The van der Waals surface area contributed by atoms with Crippen LogP contribution < -0.4 is 16.4 Å². The summed E-state index contributed by atoms with van der Waals surface area (Å²) in [7, 11) is 0. The second kappa shape index (κ2) is 7.36. The summed E-state index contributed by atoms with van der Waals surface area (Å²) in [5.41, 5.74) is 5.96. The molecule has 124 valence electrons. The number of hydrogen-bond donors (Lipinski definition) is 3. The summed E-state index contributed by atoms with van der Waals surface area (Å²) in [5, 5.41) is 6.60. The lowest BCUT2D eigenvalue weighted by Crippen LogP contribution is -2.39. The third-order valence-electron chi connectivity index (χ3n) is 4.58. The number of fused-ring (bicyclic) bond motifs is 2. The number of nitrogens with one attached hydrogen (secondary N) is 2. The zero-order chi connectivity index (χ0) is 16.2. The van der Waals surface area contributed by atoms with Crippen molar-refractivity contribution >= 4 is 29.3 Å². The Bertz CT molecular complexity index is 581. The molecule has 2 fully saturated rings. The van der Waals surface area contributed by atoms with Crippen molar-refractivity contribution in [3.8, 4) is 0 Å². The Morgan fingerprint density at radius 2 is 1.91 bits per heavy atom.